The molecule has 0 N–H and O–H groups in total. The van der Waals surface area contributed by atoms with Crippen molar-refractivity contribution in [3.63, 3.8) is 0 Å². The van der Waals surface area contributed by atoms with E-state index in [0.29, 0.717) is 5.02 Å². The fourth-order valence-corrected chi connectivity index (χ4v) is 4.22. The number of pyridine rings is 1. The average Bonchev–Trinajstić information content (AvgIpc) is 2.73. The normalized spacial score (nSPS) is 15.2. The number of rotatable bonds is 11. The molecule has 1 saturated heterocycles. The van der Waals surface area contributed by atoms with Crippen LogP contribution >= 0.6 is 11.6 Å². The maximum absolute atomic E-state index is 6.45. The summed E-state index contributed by atoms with van der Waals surface area (Å²) in [7, 11) is 0. The summed E-state index contributed by atoms with van der Waals surface area (Å²) in [6.07, 6.45) is 12.8. The van der Waals surface area contributed by atoms with Gasteiger partial charge in [-0.15, -0.1) is 0 Å². The van der Waals surface area contributed by atoms with Crippen LogP contribution in [0.2, 0.25) is 5.02 Å². The molecule has 3 rings (SSSR count). The average molecular weight is 403 g/mol. The van der Waals surface area contributed by atoms with Crippen molar-refractivity contribution in [1.29, 1.82) is 0 Å². The molecule has 1 aliphatic rings. The third kappa shape index (κ3) is 6.35. The van der Waals surface area contributed by atoms with Crippen LogP contribution in [-0.4, -0.2) is 36.1 Å². The molecule has 1 aromatic heterocycles. The van der Waals surface area contributed by atoms with Crippen molar-refractivity contribution in [2.75, 3.05) is 26.2 Å². The topological polar surface area (TPSA) is 25.4 Å². The molecular formula is C24H35ClN2O. The van der Waals surface area contributed by atoms with E-state index >= 15 is 0 Å². The van der Waals surface area contributed by atoms with Gasteiger partial charge in [-0.1, -0.05) is 57.0 Å². The summed E-state index contributed by atoms with van der Waals surface area (Å²) in [5, 5.41) is 1.74. The van der Waals surface area contributed by atoms with E-state index in [2.05, 4.69) is 24.0 Å². The minimum atomic E-state index is 0.711. The van der Waals surface area contributed by atoms with Crippen LogP contribution in [-0.2, 0) is 6.42 Å². The van der Waals surface area contributed by atoms with Crippen molar-refractivity contribution >= 4 is 22.5 Å². The Morgan fingerprint density at radius 3 is 2.57 bits per heavy atom. The summed E-state index contributed by atoms with van der Waals surface area (Å²) in [6, 6.07) is 8.18. The predicted molar refractivity (Wildman–Crippen MR) is 120 cm³/mol. The van der Waals surface area contributed by atoms with Gasteiger partial charge in [0.1, 0.15) is 12.4 Å². The Kier molecular flexibility index (Phi) is 8.88. The van der Waals surface area contributed by atoms with E-state index in [4.69, 9.17) is 21.3 Å². The van der Waals surface area contributed by atoms with Crippen molar-refractivity contribution in [2.45, 2.75) is 71.1 Å². The molecule has 3 nitrogen and oxygen atoms in total. The number of aromatic nitrogens is 1. The first-order valence-corrected chi connectivity index (χ1v) is 11.6. The highest BCUT2D eigenvalue weighted by atomic mass is 35.5. The van der Waals surface area contributed by atoms with Crippen LogP contribution in [0.4, 0.5) is 0 Å². The second-order valence-electron chi connectivity index (χ2n) is 8.01. The lowest BCUT2D eigenvalue weighted by molar-refractivity contribution is 0.184. The molecule has 4 heteroatoms. The quantitative estimate of drug-likeness (QED) is 0.393. The smallest absolute Gasteiger partial charge is 0.128 e. The van der Waals surface area contributed by atoms with Gasteiger partial charge in [0.05, 0.1) is 10.5 Å². The second kappa shape index (κ2) is 11.6. The SMILES string of the molecule is CCCCCCCCc1ccc2c(OCCN3CCCCC3)ccc(Cl)c2n1. The molecule has 0 spiro atoms. The number of ether oxygens (including phenoxy) is 1. The number of likely N-dealkylation sites (tertiary alicyclic amines) is 1. The maximum Gasteiger partial charge on any atom is 0.128 e. The van der Waals surface area contributed by atoms with Gasteiger partial charge in [0.25, 0.3) is 0 Å². The molecule has 2 heterocycles. The summed E-state index contributed by atoms with van der Waals surface area (Å²) in [4.78, 5) is 7.34. The molecule has 1 aliphatic heterocycles. The van der Waals surface area contributed by atoms with Crippen LogP contribution in [0.3, 0.4) is 0 Å². The van der Waals surface area contributed by atoms with Gasteiger partial charge < -0.3 is 4.74 Å². The molecule has 2 aromatic rings. The van der Waals surface area contributed by atoms with E-state index < -0.39 is 0 Å². The lowest BCUT2D eigenvalue weighted by Crippen LogP contribution is -2.33. The van der Waals surface area contributed by atoms with E-state index in [1.54, 1.807) is 0 Å². The van der Waals surface area contributed by atoms with Crippen LogP contribution in [0, 0.1) is 0 Å². The number of hydrogen-bond donors (Lipinski definition) is 0. The fraction of sp³-hybridized carbons (Fsp3) is 0.625. The van der Waals surface area contributed by atoms with Gasteiger partial charge in [0.2, 0.25) is 0 Å². The van der Waals surface area contributed by atoms with Crippen molar-refractivity contribution in [3.05, 3.63) is 35.0 Å². The minimum absolute atomic E-state index is 0.711. The van der Waals surface area contributed by atoms with Crippen LogP contribution in [0.5, 0.6) is 5.75 Å². The molecule has 0 amide bonds. The van der Waals surface area contributed by atoms with Crippen molar-refractivity contribution in [3.8, 4) is 5.75 Å². The summed E-state index contributed by atoms with van der Waals surface area (Å²) in [5.41, 5.74) is 2.01. The second-order valence-corrected chi connectivity index (χ2v) is 8.42. The monoisotopic (exact) mass is 402 g/mol. The molecule has 1 fully saturated rings. The lowest BCUT2D eigenvalue weighted by atomic mass is 10.1. The third-order valence-corrected chi connectivity index (χ3v) is 6.03. The molecular weight excluding hydrogens is 368 g/mol. The van der Waals surface area contributed by atoms with Gasteiger partial charge in [-0.2, -0.15) is 0 Å². The van der Waals surface area contributed by atoms with Gasteiger partial charge in [-0.25, -0.2) is 0 Å². The Hall–Kier alpha value is -1.32. The number of aryl methyl sites for hydroxylation is 1. The van der Waals surface area contributed by atoms with E-state index in [1.165, 1.54) is 70.9 Å². The van der Waals surface area contributed by atoms with Gasteiger partial charge >= 0.3 is 0 Å². The van der Waals surface area contributed by atoms with Crippen LogP contribution in [0.1, 0.15) is 70.4 Å². The first-order valence-electron chi connectivity index (χ1n) is 11.2. The Morgan fingerprint density at radius 1 is 0.964 bits per heavy atom. The number of benzene rings is 1. The first-order chi connectivity index (χ1) is 13.8. The highest BCUT2D eigenvalue weighted by Crippen LogP contribution is 2.30. The number of piperidine rings is 1. The number of unbranched alkanes of at least 4 members (excludes halogenated alkanes) is 5. The van der Waals surface area contributed by atoms with E-state index in [1.807, 2.05) is 12.1 Å². The van der Waals surface area contributed by atoms with E-state index in [9.17, 15) is 0 Å². The van der Waals surface area contributed by atoms with Crippen LogP contribution in [0.15, 0.2) is 24.3 Å². The Labute approximate surface area is 175 Å². The highest BCUT2D eigenvalue weighted by Gasteiger charge is 2.12. The van der Waals surface area contributed by atoms with Crippen molar-refractivity contribution < 1.29 is 4.74 Å². The molecule has 0 radical (unpaired) electrons. The van der Waals surface area contributed by atoms with Gasteiger partial charge in [0, 0.05) is 17.6 Å². The van der Waals surface area contributed by atoms with Crippen LogP contribution in [0.25, 0.3) is 10.9 Å². The largest absolute Gasteiger partial charge is 0.492 e. The molecule has 0 unspecified atom stereocenters. The molecule has 154 valence electrons. The molecule has 0 saturated carbocycles. The molecule has 0 aliphatic carbocycles. The van der Waals surface area contributed by atoms with Gasteiger partial charge in [-0.3, -0.25) is 9.88 Å². The van der Waals surface area contributed by atoms with Crippen molar-refractivity contribution in [2.24, 2.45) is 0 Å². The maximum atomic E-state index is 6.45. The van der Waals surface area contributed by atoms with Gasteiger partial charge in [-0.05, 0) is 63.0 Å². The van der Waals surface area contributed by atoms with Crippen LogP contribution < -0.4 is 4.74 Å². The fourth-order valence-electron chi connectivity index (χ4n) is 4.02. The number of nitrogens with zero attached hydrogens (tertiary/aromatic N) is 2. The van der Waals surface area contributed by atoms with Crippen molar-refractivity contribution in [1.82, 2.24) is 9.88 Å². The summed E-state index contributed by atoms with van der Waals surface area (Å²) in [6.45, 7) is 6.38. The Bertz CT molecular complexity index is 728. The molecule has 0 atom stereocenters. The third-order valence-electron chi connectivity index (χ3n) is 5.73. The zero-order chi connectivity index (χ0) is 19.6. The van der Waals surface area contributed by atoms with E-state index in [-0.39, 0.29) is 0 Å². The predicted octanol–water partition coefficient (Wildman–Crippen LogP) is 6.66. The zero-order valence-electron chi connectivity index (χ0n) is 17.4. The van der Waals surface area contributed by atoms with E-state index in [0.717, 1.165) is 41.9 Å². The highest BCUT2D eigenvalue weighted by molar-refractivity contribution is 6.35. The zero-order valence-corrected chi connectivity index (χ0v) is 18.1. The lowest BCUT2D eigenvalue weighted by Gasteiger charge is -2.26. The minimum Gasteiger partial charge on any atom is -0.492 e. The first kappa shape index (κ1) is 21.4. The number of hydrogen-bond acceptors (Lipinski definition) is 3. The summed E-state index contributed by atoms with van der Waals surface area (Å²) < 4.78 is 6.11. The van der Waals surface area contributed by atoms with Gasteiger partial charge in [0.15, 0.2) is 0 Å². The molecule has 0 bridgehead atoms. The Balaban J connectivity index is 1.56. The molecule has 28 heavy (non-hydrogen) atoms. The Morgan fingerprint density at radius 2 is 1.75 bits per heavy atom. The standard InChI is InChI=1S/C24H35ClN2O/c1-2-3-4-5-6-8-11-20-12-13-21-23(15-14-22(25)24(21)26-20)28-19-18-27-16-9-7-10-17-27/h12-15H,2-11,16-19H2,1H3. The number of halogens is 1. The molecule has 1 aromatic carbocycles. The summed E-state index contributed by atoms with van der Waals surface area (Å²) >= 11 is 6.45. The number of fused-ring (bicyclic) bond motifs is 1. The summed E-state index contributed by atoms with van der Waals surface area (Å²) in [5.74, 6) is 0.898.